The van der Waals surface area contributed by atoms with Gasteiger partial charge in [-0.1, -0.05) is 27.7 Å². The van der Waals surface area contributed by atoms with E-state index >= 15 is 0 Å². The molecular formula is C20H32N6O3. The van der Waals surface area contributed by atoms with Crippen LogP contribution in [-0.4, -0.2) is 68.0 Å². The minimum absolute atomic E-state index is 0.0259. The van der Waals surface area contributed by atoms with Crippen molar-refractivity contribution in [3.8, 4) is 0 Å². The summed E-state index contributed by atoms with van der Waals surface area (Å²) in [6, 6.07) is 0. The molecule has 0 aliphatic carbocycles. The van der Waals surface area contributed by atoms with Crippen molar-refractivity contribution in [2.24, 2.45) is 0 Å². The van der Waals surface area contributed by atoms with Crippen molar-refractivity contribution in [3.63, 3.8) is 0 Å². The molecule has 1 saturated heterocycles. The van der Waals surface area contributed by atoms with Gasteiger partial charge < -0.3 is 14.8 Å². The van der Waals surface area contributed by atoms with E-state index in [4.69, 9.17) is 0 Å². The number of aromatic amines is 1. The van der Waals surface area contributed by atoms with Gasteiger partial charge in [0.05, 0.1) is 0 Å². The summed E-state index contributed by atoms with van der Waals surface area (Å²) in [6.07, 6.45) is 0.877. The number of amides is 1. The molecule has 2 aromatic heterocycles. The zero-order valence-corrected chi connectivity index (χ0v) is 18.1. The summed E-state index contributed by atoms with van der Waals surface area (Å²) in [7, 11) is 2.04. The Hall–Kier alpha value is -2.42. The van der Waals surface area contributed by atoms with Crippen molar-refractivity contribution in [2.75, 3.05) is 33.2 Å². The van der Waals surface area contributed by atoms with Gasteiger partial charge in [0.15, 0.2) is 5.65 Å². The Morgan fingerprint density at radius 1 is 1.07 bits per heavy atom. The van der Waals surface area contributed by atoms with Crippen LogP contribution in [-0.2, 0) is 23.3 Å². The van der Waals surface area contributed by atoms with Crippen molar-refractivity contribution in [3.05, 3.63) is 26.7 Å². The highest BCUT2D eigenvalue weighted by Crippen LogP contribution is 2.20. The average molecular weight is 405 g/mol. The third-order valence-corrected chi connectivity index (χ3v) is 5.42. The van der Waals surface area contributed by atoms with E-state index in [1.165, 1.54) is 9.13 Å². The van der Waals surface area contributed by atoms with Crippen molar-refractivity contribution >= 4 is 17.1 Å². The van der Waals surface area contributed by atoms with Crippen LogP contribution in [0.2, 0.25) is 0 Å². The van der Waals surface area contributed by atoms with Crippen molar-refractivity contribution in [1.82, 2.24) is 28.9 Å². The minimum Gasteiger partial charge on any atom is -0.340 e. The summed E-state index contributed by atoms with van der Waals surface area (Å²) in [5, 5.41) is 0. The van der Waals surface area contributed by atoms with E-state index in [1.54, 1.807) is 0 Å². The Balaban J connectivity index is 1.97. The molecule has 1 N–H and O–H groups in total. The van der Waals surface area contributed by atoms with Gasteiger partial charge in [-0.05, 0) is 13.5 Å². The number of imidazole rings is 1. The monoisotopic (exact) mass is 404 g/mol. The van der Waals surface area contributed by atoms with E-state index in [0.717, 1.165) is 13.1 Å². The smallest absolute Gasteiger partial charge is 0.332 e. The van der Waals surface area contributed by atoms with E-state index in [0.29, 0.717) is 43.0 Å². The second-order valence-electron chi connectivity index (χ2n) is 8.86. The molecule has 0 bridgehead atoms. The first kappa shape index (κ1) is 21.3. The number of aryl methyl sites for hydroxylation is 1. The van der Waals surface area contributed by atoms with Crippen LogP contribution in [0.15, 0.2) is 9.59 Å². The van der Waals surface area contributed by atoms with Gasteiger partial charge in [0.25, 0.3) is 5.56 Å². The Morgan fingerprint density at radius 3 is 2.31 bits per heavy atom. The fraction of sp³-hybridized carbons (Fsp3) is 0.700. The third kappa shape index (κ3) is 4.29. The molecule has 1 aliphatic heterocycles. The number of nitrogens with zero attached hydrogens (tertiary/aromatic N) is 5. The molecule has 29 heavy (non-hydrogen) atoms. The zero-order chi connectivity index (χ0) is 21.3. The molecule has 1 amide bonds. The number of H-pyrrole nitrogens is 1. The maximum atomic E-state index is 13.0. The first-order valence-corrected chi connectivity index (χ1v) is 10.3. The second-order valence-corrected chi connectivity index (χ2v) is 8.86. The van der Waals surface area contributed by atoms with Crippen LogP contribution in [0, 0.1) is 0 Å². The normalized spacial score (nSPS) is 16.0. The number of likely N-dealkylation sites (N-methyl/N-ethyl adjacent to an activating group) is 1. The minimum atomic E-state index is -0.400. The molecule has 0 atom stereocenters. The number of aromatic nitrogens is 4. The molecule has 0 spiro atoms. The Kier molecular flexibility index (Phi) is 5.97. The van der Waals surface area contributed by atoms with Gasteiger partial charge >= 0.3 is 5.69 Å². The van der Waals surface area contributed by atoms with E-state index < -0.39 is 5.69 Å². The molecule has 0 aromatic carbocycles. The lowest BCUT2D eigenvalue weighted by atomic mass is 9.96. The van der Waals surface area contributed by atoms with Crippen LogP contribution in [0.1, 0.15) is 46.4 Å². The molecule has 3 rings (SSSR count). The van der Waals surface area contributed by atoms with Crippen LogP contribution < -0.4 is 11.2 Å². The predicted molar refractivity (Wildman–Crippen MR) is 112 cm³/mol. The highest BCUT2D eigenvalue weighted by Gasteiger charge is 2.24. The molecule has 2 aromatic rings. The first-order valence-electron chi connectivity index (χ1n) is 10.3. The van der Waals surface area contributed by atoms with Gasteiger partial charge in [0.1, 0.15) is 11.3 Å². The topological polar surface area (TPSA) is 96.2 Å². The molecule has 9 nitrogen and oxygen atoms in total. The van der Waals surface area contributed by atoms with Crippen LogP contribution in [0.25, 0.3) is 11.2 Å². The molecular weight excluding hydrogens is 372 g/mol. The molecule has 0 saturated carbocycles. The van der Waals surface area contributed by atoms with Crippen molar-refractivity contribution < 1.29 is 4.79 Å². The van der Waals surface area contributed by atoms with Gasteiger partial charge in [-0.25, -0.2) is 9.78 Å². The summed E-state index contributed by atoms with van der Waals surface area (Å²) < 4.78 is 2.72. The Morgan fingerprint density at radius 2 is 1.72 bits per heavy atom. The van der Waals surface area contributed by atoms with Crippen LogP contribution in [0.3, 0.4) is 0 Å². The first-order chi connectivity index (χ1) is 13.6. The van der Waals surface area contributed by atoms with Gasteiger partial charge in [-0.3, -0.25) is 18.7 Å². The van der Waals surface area contributed by atoms with Gasteiger partial charge in [-0.15, -0.1) is 0 Å². The maximum Gasteiger partial charge on any atom is 0.332 e. The van der Waals surface area contributed by atoms with Gasteiger partial charge in [0, 0.05) is 51.1 Å². The number of nitrogens with one attached hydrogen (secondary N) is 1. The maximum absolute atomic E-state index is 13.0. The number of carbonyl (C=O) groups excluding carboxylic acids is 1. The number of piperazine rings is 1. The van der Waals surface area contributed by atoms with E-state index in [-0.39, 0.29) is 29.8 Å². The SMILES string of the molecule is CCCn1c(=O)c2[nH]c(C(C)(C)C)nc2n(CCC(=O)N2CCN(C)CC2)c1=O. The lowest BCUT2D eigenvalue weighted by Gasteiger charge is -2.32. The van der Waals surface area contributed by atoms with Crippen LogP contribution in [0.5, 0.6) is 0 Å². The lowest BCUT2D eigenvalue weighted by Crippen LogP contribution is -2.47. The molecule has 0 radical (unpaired) electrons. The summed E-state index contributed by atoms with van der Waals surface area (Å²) in [6.45, 7) is 11.6. The fourth-order valence-corrected chi connectivity index (χ4v) is 3.57. The number of rotatable bonds is 5. The van der Waals surface area contributed by atoms with Crippen LogP contribution in [0.4, 0.5) is 0 Å². The number of hydrogen-bond acceptors (Lipinski definition) is 5. The Labute approximate surface area is 170 Å². The number of carbonyl (C=O) groups is 1. The van der Waals surface area contributed by atoms with E-state index in [9.17, 15) is 14.4 Å². The summed E-state index contributed by atoms with van der Waals surface area (Å²) in [5.74, 6) is 0.676. The van der Waals surface area contributed by atoms with E-state index in [1.807, 2.05) is 39.6 Å². The highest BCUT2D eigenvalue weighted by atomic mass is 16.2. The average Bonchev–Trinajstić information content (AvgIpc) is 3.11. The van der Waals surface area contributed by atoms with Crippen LogP contribution >= 0.6 is 0 Å². The zero-order valence-electron chi connectivity index (χ0n) is 18.1. The standard InChI is InChI=1S/C20H32N6O3/c1-6-8-26-17(28)15-16(22-18(21-15)20(2,3)4)25(19(26)29)9-7-14(27)24-12-10-23(5)11-13-24/h6-13H2,1-5H3,(H,21,22). The third-order valence-electron chi connectivity index (χ3n) is 5.42. The Bertz CT molecular complexity index is 1000. The summed E-state index contributed by atoms with van der Waals surface area (Å²) in [5.41, 5.74) is -0.380. The highest BCUT2D eigenvalue weighted by molar-refractivity contribution is 5.76. The second kappa shape index (κ2) is 8.14. The molecule has 0 unspecified atom stereocenters. The predicted octanol–water partition coefficient (Wildman–Crippen LogP) is 0.758. The molecule has 1 fully saturated rings. The van der Waals surface area contributed by atoms with Crippen molar-refractivity contribution in [1.29, 1.82) is 0 Å². The number of fused-ring (bicyclic) bond motifs is 1. The quantitative estimate of drug-likeness (QED) is 0.794. The molecule has 3 heterocycles. The fourth-order valence-electron chi connectivity index (χ4n) is 3.57. The molecule has 9 heteroatoms. The largest absolute Gasteiger partial charge is 0.340 e. The van der Waals surface area contributed by atoms with Crippen molar-refractivity contribution in [2.45, 2.75) is 59.0 Å². The lowest BCUT2D eigenvalue weighted by molar-refractivity contribution is -0.133. The van der Waals surface area contributed by atoms with Gasteiger partial charge in [0.2, 0.25) is 5.91 Å². The molecule has 1 aliphatic rings. The van der Waals surface area contributed by atoms with E-state index in [2.05, 4.69) is 14.9 Å². The van der Waals surface area contributed by atoms with Gasteiger partial charge in [-0.2, -0.15) is 0 Å². The number of hydrogen-bond donors (Lipinski definition) is 1. The summed E-state index contributed by atoms with van der Waals surface area (Å²) in [4.78, 5) is 50.3. The summed E-state index contributed by atoms with van der Waals surface area (Å²) >= 11 is 0. The molecule has 160 valence electrons.